The van der Waals surface area contributed by atoms with Gasteiger partial charge in [0.2, 0.25) is 0 Å². The molecular formula is C13H10ClF3N2. The minimum atomic E-state index is -0.945. The first-order valence-corrected chi connectivity index (χ1v) is 5.77. The van der Waals surface area contributed by atoms with E-state index in [1.165, 1.54) is 18.2 Å². The normalized spacial score (nSPS) is 12.5. The van der Waals surface area contributed by atoms with E-state index in [0.29, 0.717) is 0 Å². The number of halogens is 4. The Kier molecular flexibility index (Phi) is 4.09. The van der Waals surface area contributed by atoms with Gasteiger partial charge >= 0.3 is 0 Å². The predicted octanol–water partition coefficient (Wildman–Crippen LogP) is 3.31. The van der Waals surface area contributed by atoms with Crippen molar-refractivity contribution in [1.82, 2.24) is 5.43 Å². The number of nitrogens with two attached hydrogens (primary N) is 1. The van der Waals surface area contributed by atoms with Crippen LogP contribution in [0.3, 0.4) is 0 Å². The van der Waals surface area contributed by atoms with E-state index in [9.17, 15) is 13.2 Å². The van der Waals surface area contributed by atoms with E-state index in [1.54, 1.807) is 0 Å². The highest BCUT2D eigenvalue weighted by Gasteiger charge is 2.21. The van der Waals surface area contributed by atoms with Gasteiger partial charge in [-0.3, -0.25) is 5.84 Å². The molecule has 2 rings (SSSR count). The lowest BCUT2D eigenvalue weighted by molar-refractivity contribution is 0.542. The number of hydrazine groups is 1. The van der Waals surface area contributed by atoms with Gasteiger partial charge in [0.15, 0.2) is 0 Å². The van der Waals surface area contributed by atoms with Gasteiger partial charge in [-0.25, -0.2) is 18.6 Å². The zero-order chi connectivity index (χ0) is 14.0. The number of nitrogens with one attached hydrogen (secondary N) is 1. The maximum absolute atomic E-state index is 13.7. The summed E-state index contributed by atoms with van der Waals surface area (Å²) in [6.07, 6.45) is 0. The predicted molar refractivity (Wildman–Crippen MR) is 66.9 cm³/mol. The van der Waals surface area contributed by atoms with Crippen LogP contribution in [0.4, 0.5) is 13.2 Å². The summed E-state index contributed by atoms with van der Waals surface area (Å²) >= 11 is 5.82. The Morgan fingerprint density at radius 1 is 1.00 bits per heavy atom. The van der Waals surface area contributed by atoms with Crippen molar-refractivity contribution in [3.63, 3.8) is 0 Å². The summed E-state index contributed by atoms with van der Waals surface area (Å²) in [5, 5.41) is -0.186. The topological polar surface area (TPSA) is 38.0 Å². The van der Waals surface area contributed by atoms with Gasteiger partial charge in [-0.1, -0.05) is 23.7 Å². The van der Waals surface area contributed by atoms with Gasteiger partial charge in [0.1, 0.15) is 17.5 Å². The summed E-state index contributed by atoms with van der Waals surface area (Å²) in [4.78, 5) is 0. The third kappa shape index (κ3) is 2.73. The lowest BCUT2D eigenvalue weighted by Gasteiger charge is -2.19. The zero-order valence-corrected chi connectivity index (χ0v) is 10.4. The summed E-state index contributed by atoms with van der Waals surface area (Å²) in [6.45, 7) is 0. The first-order chi connectivity index (χ1) is 9.04. The Bertz CT molecular complexity index is 602. The molecule has 0 fully saturated rings. The second kappa shape index (κ2) is 5.61. The molecule has 2 nitrogen and oxygen atoms in total. The van der Waals surface area contributed by atoms with Crippen molar-refractivity contribution in [3.8, 4) is 0 Å². The van der Waals surface area contributed by atoms with Crippen molar-refractivity contribution in [2.24, 2.45) is 5.84 Å². The maximum atomic E-state index is 13.7. The third-order valence-corrected chi connectivity index (χ3v) is 3.13. The van der Waals surface area contributed by atoms with Crippen LogP contribution >= 0.6 is 11.6 Å². The van der Waals surface area contributed by atoms with Crippen molar-refractivity contribution < 1.29 is 13.2 Å². The van der Waals surface area contributed by atoms with Gasteiger partial charge in [0, 0.05) is 5.56 Å². The van der Waals surface area contributed by atoms with Gasteiger partial charge in [-0.2, -0.15) is 0 Å². The molecule has 0 saturated heterocycles. The van der Waals surface area contributed by atoms with E-state index in [2.05, 4.69) is 5.43 Å². The third-order valence-electron chi connectivity index (χ3n) is 2.73. The molecule has 0 aliphatic carbocycles. The molecule has 100 valence electrons. The smallest absolute Gasteiger partial charge is 0.142 e. The minimum Gasteiger partial charge on any atom is -0.271 e. The van der Waals surface area contributed by atoms with Gasteiger partial charge in [-0.15, -0.1) is 0 Å². The van der Waals surface area contributed by atoms with E-state index in [0.717, 1.165) is 18.2 Å². The van der Waals surface area contributed by atoms with Gasteiger partial charge < -0.3 is 0 Å². The summed E-state index contributed by atoms with van der Waals surface area (Å²) < 4.78 is 40.3. The zero-order valence-electron chi connectivity index (χ0n) is 9.63. The summed E-state index contributed by atoms with van der Waals surface area (Å²) in [5.74, 6) is 3.41. The average Bonchev–Trinajstić information content (AvgIpc) is 2.39. The first kappa shape index (κ1) is 13.9. The van der Waals surface area contributed by atoms with Gasteiger partial charge in [0.05, 0.1) is 11.1 Å². The quantitative estimate of drug-likeness (QED) is 0.671. The van der Waals surface area contributed by atoms with Crippen molar-refractivity contribution in [1.29, 1.82) is 0 Å². The van der Waals surface area contributed by atoms with Crippen LogP contribution in [0.25, 0.3) is 0 Å². The Morgan fingerprint density at radius 3 is 2.42 bits per heavy atom. The highest BCUT2D eigenvalue weighted by atomic mass is 35.5. The minimum absolute atomic E-state index is 0.0463. The fourth-order valence-corrected chi connectivity index (χ4v) is 2.06. The largest absolute Gasteiger partial charge is 0.271 e. The molecule has 2 aromatic rings. The fraction of sp³-hybridized carbons (Fsp3) is 0.0769. The lowest BCUT2D eigenvalue weighted by Crippen LogP contribution is -2.30. The number of benzene rings is 2. The molecule has 0 bridgehead atoms. The molecule has 0 radical (unpaired) electrons. The van der Waals surface area contributed by atoms with E-state index in [1.807, 2.05) is 0 Å². The van der Waals surface area contributed by atoms with Crippen LogP contribution in [-0.2, 0) is 0 Å². The van der Waals surface area contributed by atoms with Crippen molar-refractivity contribution in [2.75, 3.05) is 0 Å². The summed E-state index contributed by atoms with van der Waals surface area (Å²) in [6, 6.07) is 6.07. The Labute approximate surface area is 113 Å². The molecule has 0 spiro atoms. The van der Waals surface area contributed by atoms with Crippen LogP contribution in [0.5, 0.6) is 0 Å². The van der Waals surface area contributed by atoms with Crippen LogP contribution in [-0.4, -0.2) is 0 Å². The van der Waals surface area contributed by atoms with Crippen molar-refractivity contribution in [3.05, 3.63) is 70.0 Å². The number of rotatable bonds is 3. The first-order valence-electron chi connectivity index (χ1n) is 5.39. The lowest BCUT2D eigenvalue weighted by atomic mass is 9.98. The van der Waals surface area contributed by atoms with Crippen LogP contribution in [0.1, 0.15) is 17.2 Å². The van der Waals surface area contributed by atoms with Gasteiger partial charge in [0.25, 0.3) is 0 Å². The second-order valence-corrected chi connectivity index (χ2v) is 4.29. The monoisotopic (exact) mass is 286 g/mol. The van der Waals surface area contributed by atoms with Crippen LogP contribution in [0.15, 0.2) is 36.4 Å². The fourth-order valence-electron chi connectivity index (χ4n) is 1.83. The molecule has 0 heterocycles. The molecule has 0 amide bonds. The molecule has 0 saturated carbocycles. The SMILES string of the molecule is NNC(c1cc(F)ccc1F)c1cccc(F)c1Cl. The molecule has 3 N–H and O–H groups in total. The van der Waals surface area contributed by atoms with Gasteiger partial charge in [-0.05, 0) is 29.8 Å². The highest BCUT2D eigenvalue weighted by Crippen LogP contribution is 2.31. The van der Waals surface area contributed by atoms with E-state index in [-0.39, 0.29) is 16.1 Å². The second-order valence-electron chi connectivity index (χ2n) is 3.91. The molecule has 0 aliphatic heterocycles. The molecule has 1 atom stereocenters. The van der Waals surface area contributed by atoms with E-state index in [4.69, 9.17) is 17.4 Å². The van der Waals surface area contributed by atoms with E-state index >= 15 is 0 Å². The molecule has 6 heteroatoms. The summed E-state index contributed by atoms with van der Waals surface area (Å²) in [7, 11) is 0. The Balaban J connectivity index is 2.56. The Hall–Kier alpha value is -1.56. The molecular weight excluding hydrogens is 277 g/mol. The molecule has 1 unspecified atom stereocenters. The van der Waals surface area contributed by atoms with E-state index < -0.39 is 23.5 Å². The summed E-state index contributed by atoms with van der Waals surface area (Å²) in [5.41, 5.74) is 2.50. The van der Waals surface area contributed by atoms with Crippen LogP contribution in [0.2, 0.25) is 5.02 Å². The standard InChI is InChI=1S/C13H10ClF3N2/c14-12-8(2-1-3-11(12)17)13(19-18)9-6-7(15)4-5-10(9)16/h1-6,13,19H,18H2. The average molecular weight is 287 g/mol. The number of hydrogen-bond acceptors (Lipinski definition) is 2. The molecule has 19 heavy (non-hydrogen) atoms. The molecule has 2 aromatic carbocycles. The maximum Gasteiger partial charge on any atom is 0.142 e. The van der Waals surface area contributed by atoms with Crippen molar-refractivity contribution >= 4 is 11.6 Å². The molecule has 0 aromatic heterocycles. The highest BCUT2D eigenvalue weighted by molar-refractivity contribution is 6.31. The van der Waals surface area contributed by atoms with Crippen LogP contribution < -0.4 is 11.3 Å². The Morgan fingerprint density at radius 2 is 1.74 bits per heavy atom. The van der Waals surface area contributed by atoms with Crippen LogP contribution in [0, 0.1) is 17.5 Å². The molecule has 0 aliphatic rings. The van der Waals surface area contributed by atoms with Crippen molar-refractivity contribution in [2.45, 2.75) is 6.04 Å². The number of hydrogen-bond donors (Lipinski definition) is 2.